The van der Waals surface area contributed by atoms with E-state index in [1.54, 1.807) is 12.1 Å². The number of rotatable bonds is 2. The molecule has 0 bridgehead atoms. The smallest absolute Gasteiger partial charge is 0.490 e. The number of nitrogens with two attached hydrogens (primary N) is 2. The number of hydrogen-bond acceptors (Lipinski definition) is 8. The first-order chi connectivity index (χ1) is 13.5. The predicted molar refractivity (Wildman–Crippen MR) is 93.6 cm³/mol. The third-order valence-electron chi connectivity index (χ3n) is 3.70. The summed E-state index contributed by atoms with van der Waals surface area (Å²) in [5.74, 6) is -1.58. The summed E-state index contributed by atoms with van der Waals surface area (Å²) in [6.07, 6.45) is -4.70. The minimum Gasteiger partial charge on any atom is -0.504 e. The number of fused-ring (bicyclic) bond motifs is 2. The van der Waals surface area contributed by atoms with Crippen LogP contribution in [0.4, 0.5) is 24.7 Å². The van der Waals surface area contributed by atoms with Gasteiger partial charge in [0.05, 0.1) is 12.3 Å². The highest BCUT2D eigenvalue weighted by Gasteiger charge is 2.38. The van der Waals surface area contributed by atoms with Gasteiger partial charge in [0.1, 0.15) is 23.2 Å². The second-order valence-electron chi connectivity index (χ2n) is 5.62. The van der Waals surface area contributed by atoms with Crippen LogP contribution in [0.25, 0.3) is 0 Å². The molecule has 1 aromatic heterocycles. The van der Waals surface area contributed by atoms with Gasteiger partial charge in [-0.25, -0.2) is 4.79 Å². The fourth-order valence-corrected chi connectivity index (χ4v) is 2.40. The topological polar surface area (TPSA) is 165 Å². The molecule has 29 heavy (non-hydrogen) atoms. The Labute approximate surface area is 161 Å². The van der Waals surface area contributed by atoms with Crippen molar-refractivity contribution in [3.63, 3.8) is 0 Å². The van der Waals surface area contributed by atoms with Crippen LogP contribution in [-0.2, 0) is 11.2 Å². The zero-order valence-electron chi connectivity index (χ0n) is 14.9. The van der Waals surface area contributed by atoms with Gasteiger partial charge < -0.3 is 31.2 Å². The number of carbonyl (C=O) groups is 1. The molecule has 1 aliphatic heterocycles. The van der Waals surface area contributed by atoms with Crippen molar-refractivity contribution in [2.24, 2.45) is 0 Å². The number of nitrogens with zero attached hydrogens (tertiary/aromatic N) is 2. The van der Waals surface area contributed by atoms with Gasteiger partial charge in [-0.05, 0) is 13.0 Å². The third-order valence-corrected chi connectivity index (χ3v) is 3.70. The lowest BCUT2D eigenvalue weighted by Crippen LogP contribution is -2.21. The number of nitrogen functional groups attached to an aromatic ring is 2. The van der Waals surface area contributed by atoms with Gasteiger partial charge in [-0.3, -0.25) is 0 Å². The average molecular weight is 412 g/mol. The molecule has 1 aromatic carbocycles. The number of aromatic hydroxyl groups is 1. The van der Waals surface area contributed by atoms with E-state index in [1.807, 2.05) is 13.0 Å². The zero-order chi connectivity index (χ0) is 21.9. The minimum atomic E-state index is -5.08. The maximum absolute atomic E-state index is 10.6. The number of aromatic nitrogens is 1. The second-order valence-corrected chi connectivity index (χ2v) is 5.62. The van der Waals surface area contributed by atoms with Gasteiger partial charge in [0, 0.05) is 23.6 Å². The lowest BCUT2D eigenvalue weighted by molar-refractivity contribution is -0.192. The van der Waals surface area contributed by atoms with Crippen LogP contribution in [-0.4, -0.2) is 33.9 Å². The number of halogens is 3. The Morgan fingerprint density at radius 1 is 1.41 bits per heavy atom. The van der Waals surface area contributed by atoms with Crippen molar-refractivity contribution in [2.45, 2.75) is 19.5 Å². The maximum Gasteiger partial charge on any atom is 0.490 e. The van der Waals surface area contributed by atoms with E-state index in [9.17, 15) is 18.3 Å². The van der Waals surface area contributed by atoms with Gasteiger partial charge in [-0.1, -0.05) is 0 Å². The van der Waals surface area contributed by atoms with Crippen LogP contribution in [0, 0.1) is 11.3 Å². The summed E-state index contributed by atoms with van der Waals surface area (Å²) < 4.78 is 42.8. The number of pyridine rings is 1. The number of carboxylic acids is 1. The third kappa shape index (κ3) is 4.52. The Kier molecular flexibility index (Phi) is 5.92. The van der Waals surface area contributed by atoms with Crippen LogP contribution in [0.5, 0.6) is 23.1 Å². The Morgan fingerprint density at radius 2 is 2.03 bits per heavy atom. The van der Waals surface area contributed by atoms with Crippen molar-refractivity contribution < 1.29 is 37.7 Å². The van der Waals surface area contributed by atoms with E-state index >= 15 is 0 Å². The number of benzene rings is 1. The Morgan fingerprint density at radius 3 is 2.55 bits per heavy atom. The van der Waals surface area contributed by atoms with E-state index in [2.05, 4.69) is 4.98 Å². The lowest BCUT2D eigenvalue weighted by atomic mass is 9.98. The second kappa shape index (κ2) is 8.01. The number of nitriles is 1. The summed E-state index contributed by atoms with van der Waals surface area (Å²) in [5.41, 5.74) is 13.4. The molecule has 154 valence electrons. The first kappa shape index (κ1) is 21.4. The Bertz CT molecular complexity index is 1000. The van der Waals surface area contributed by atoms with Gasteiger partial charge in [0.25, 0.3) is 0 Å². The van der Waals surface area contributed by atoms with Crippen molar-refractivity contribution in [2.75, 3.05) is 18.1 Å². The van der Waals surface area contributed by atoms with Crippen LogP contribution < -0.4 is 20.9 Å². The Hall–Kier alpha value is -3.88. The average Bonchev–Trinajstić information content (AvgIpc) is 2.62. The molecule has 0 atom stereocenters. The largest absolute Gasteiger partial charge is 0.504 e. The number of aliphatic carboxylic acids is 1. The summed E-state index contributed by atoms with van der Waals surface area (Å²) in [6, 6.07) is 5.10. The van der Waals surface area contributed by atoms with E-state index in [0.29, 0.717) is 30.1 Å². The summed E-state index contributed by atoms with van der Waals surface area (Å²) >= 11 is 0. The summed E-state index contributed by atoms with van der Waals surface area (Å²) in [4.78, 5) is 13.0. The number of carboxylic acid groups (broad SMARTS) is 1. The molecule has 1 aliphatic rings. The van der Waals surface area contributed by atoms with E-state index in [1.165, 1.54) is 0 Å². The molecular weight excluding hydrogens is 397 g/mol. The van der Waals surface area contributed by atoms with Crippen LogP contribution in [0.2, 0.25) is 0 Å². The molecule has 0 amide bonds. The molecule has 12 heteroatoms. The molecule has 9 nitrogen and oxygen atoms in total. The molecule has 0 unspecified atom stereocenters. The fourth-order valence-electron chi connectivity index (χ4n) is 2.40. The number of anilines is 2. The minimum absolute atomic E-state index is 0.0233. The summed E-state index contributed by atoms with van der Waals surface area (Å²) in [6.45, 7) is 2.24. The van der Waals surface area contributed by atoms with Crippen molar-refractivity contribution in [1.29, 1.82) is 5.26 Å². The number of phenolic OH excluding ortho intramolecular Hbond substituents is 1. The monoisotopic (exact) mass is 412 g/mol. The predicted octanol–water partition coefficient (Wildman–Crippen LogP) is 2.55. The number of phenols is 1. The van der Waals surface area contributed by atoms with E-state index in [0.717, 1.165) is 5.56 Å². The molecular formula is C17H15F3N4O5. The molecule has 0 radical (unpaired) electrons. The number of alkyl halides is 3. The summed E-state index contributed by atoms with van der Waals surface area (Å²) in [5, 5.41) is 26.2. The SMILES string of the molecule is CCOc1cc2c(cc1O)Cc1c(nc(N)c(C#N)c1N)O2.O=C(O)C(F)(F)F. The van der Waals surface area contributed by atoms with Crippen LogP contribution in [0.3, 0.4) is 0 Å². The van der Waals surface area contributed by atoms with E-state index in [4.69, 9.17) is 36.1 Å². The lowest BCUT2D eigenvalue weighted by Gasteiger charge is -2.22. The molecule has 2 aromatic rings. The highest BCUT2D eigenvalue weighted by Crippen LogP contribution is 2.44. The molecule has 3 rings (SSSR count). The van der Waals surface area contributed by atoms with Gasteiger partial charge >= 0.3 is 12.1 Å². The highest BCUT2D eigenvalue weighted by atomic mass is 19.4. The molecule has 0 aliphatic carbocycles. The van der Waals surface area contributed by atoms with Crippen molar-refractivity contribution in [3.8, 4) is 29.2 Å². The fraction of sp³-hybridized carbons (Fsp3) is 0.235. The highest BCUT2D eigenvalue weighted by molar-refractivity contribution is 5.73. The van der Waals surface area contributed by atoms with Crippen molar-refractivity contribution >= 4 is 17.5 Å². The van der Waals surface area contributed by atoms with Gasteiger partial charge in [0.2, 0.25) is 5.88 Å². The quantitative estimate of drug-likeness (QED) is 0.495. The molecule has 6 N–H and O–H groups in total. The van der Waals surface area contributed by atoms with Crippen molar-refractivity contribution in [3.05, 3.63) is 28.8 Å². The molecule has 0 saturated carbocycles. The van der Waals surface area contributed by atoms with Crippen LogP contribution in [0.1, 0.15) is 23.6 Å². The maximum atomic E-state index is 10.6. The van der Waals surface area contributed by atoms with Gasteiger partial charge in [-0.2, -0.15) is 23.4 Å². The standard InChI is InChI=1S/C15H14N4O3.C2HF3O2/c1-2-21-12-5-11-7(4-10(12)20)3-8-13(17)9(6-16)14(18)19-15(8)22-11;3-2(4,5)1(6)7/h4-5,20H,2-3H2,1H3,(H4,17,18,19);(H,6,7). The van der Waals surface area contributed by atoms with E-state index in [-0.39, 0.29) is 28.7 Å². The number of hydrogen-bond donors (Lipinski definition) is 4. The molecule has 0 saturated heterocycles. The van der Waals surface area contributed by atoms with Gasteiger partial charge in [0.15, 0.2) is 11.5 Å². The molecule has 2 heterocycles. The van der Waals surface area contributed by atoms with Crippen molar-refractivity contribution in [1.82, 2.24) is 4.98 Å². The number of ether oxygens (including phenoxy) is 2. The van der Waals surface area contributed by atoms with E-state index < -0.39 is 12.1 Å². The first-order valence-corrected chi connectivity index (χ1v) is 7.94. The first-order valence-electron chi connectivity index (χ1n) is 7.94. The Balaban J connectivity index is 0.000000370. The van der Waals surface area contributed by atoms with Crippen LogP contribution >= 0.6 is 0 Å². The molecule has 0 fully saturated rings. The molecule has 0 spiro atoms. The normalized spacial score (nSPS) is 11.7. The van der Waals surface area contributed by atoms with Crippen LogP contribution in [0.15, 0.2) is 12.1 Å². The zero-order valence-corrected chi connectivity index (χ0v) is 14.9. The summed E-state index contributed by atoms with van der Waals surface area (Å²) in [7, 11) is 0. The van der Waals surface area contributed by atoms with Gasteiger partial charge in [-0.15, -0.1) is 0 Å².